The summed E-state index contributed by atoms with van der Waals surface area (Å²) >= 11 is 2.07. The molecule has 0 unspecified atom stereocenters. The first-order valence-electron chi connectivity index (χ1n) is 3.76. The van der Waals surface area contributed by atoms with Crippen LogP contribution in [-0.4, -0.2) is 16.7 Å². The lowest BCUT2D eigenvalue weighted by atomic mass is 9.96. The number of rotatable bonds is 2. The largest absolute Gasteiger partial charge is 0.394 e. The van der Waals surface area contributed by atoms with Gasteiger partial charge in [-0.2, -0.15) is 0 Å². The smallest absolute Gasteiger partial charge is 0.253 e. The van der Waals surface area contributed by atoms with Gasteiger partial charge in [-0.1, -0.05) is 0 Å². The van der Waals surface area contributed by atoms with Crippen LogP contribution in [0, 0.1) is 3.57 Å². The van der Waals surface area contributed by atoms with Crippen molar-refractivity contribution in [2.75, 3.05) is 6.61 Å². The third-order valence-electron chi connectivity index (χ3n) is 1.81. The van der Waals surface area contributed by atoms with E-state index in [0.717, 1.165) is 3.57 Å². The Morgan fingerprint density at radius 1 is 1.77 bits per heavy atom. The minimum absolute atomic E-state index is 0.250. The van der Waals surface area contributed by atoms with Gasteiger partial charge in [0.2, 0.25) is 0 Å². The van der Waals surface area contributed by atoms with Crippen LogP contribution >= 0.6 is 22.6 Å². The third kappa shape index (κ3) is 2.29. The number of hydrogen-bond donors (Lipinski definition) is 3. The van der Waals surface area contributed by atoms with Crippen molar-refractivity contribution in [3.63, 3.8) is 0 Å². The molecule has 0 spiro atoms. The average Bonchev–Trinajstić information content (AvgIpc) is 2.09. The maximum absolute atomic E-state index is 11.3. The van der Waals surface area contributed by atoms with Crippen LogP contribution in [0.1, 0.15) is 12.5 Å². The first kappa shape index (κ1) is 10.7. The van der Waals surface area contributed by atoms with Crippen LogP contribution in [0.4, 0.5) is 0 Å². The van der Waals surface area contributed by atoms with Crippen molar-refractivity contribution in [2.45, 2.75) is 12.5 Å². The fourth-order valence-corrected chi connectivity index (χ4v) is 1.43. The minimum atomic E-state index is -0.977. The maximum atomic E-state index is 11.3. The number of aromatic amines is 1. The standard InChI is InChI=1S/C8H11IN2O2/c1-8(10,4-12)6-2-5(9)3-11-7(6)13/h2-3,12H,4,10H2,1H3,(H,11,13)/t8-/m0/s1. The zero-order valence-electron chi connectivity index (χ0n) is 7.17. The van der Waals surface area contributed by atoms with Crippen LogP contribution in [0.5, 0.6) is 0 Å². The zero-order valence-corrected chi connectivity index (χ0v) is 9.33. The number of halogens is 1. The predicted molar refractivity (Wildman–Crippen MR) is 58.4 cm³/mol. The quantitative estimate of drug-likeness (QED) is 0.679. The van der Waals surface area contributed by atoms with E-state index in [1.165, 1.54) is 0 Å². The number of aliphatic hydroxyl groups excluding tert-OH is 1. The summed E-state index contributed by atoms with van der Waals surface area (Å²) in [6, 6.07) is 1.68. The molecule has 4 nitrogen and oxygen atoms in total. The van der Waals surface area contributed by atoms with Crippen LogP contribution in [0.2, 0.25) is 0 Å². The summed E-state index contributed by atoms with van der Waals surface area (Å²) in [6.07, 6.45) is 1.60. The highest BCUT2D eigenvalue weighted by Gasteiger charge is 2.23. The summed E-state index contributed by atoms with van der Waals surface area (Å²) in [5, 5.41) is 8.98. The highest BCUT2D eigenvalue weighted by molar-refractivity contribution is 14.1. The van der Waals surface area contributed by atoms with Crippen molar-refractivity contribution in [1.29, 1.82) is 0 Å². The van der Waals surface area contributed by atoms with Crippen molar-refractivity contribution in [2.24, 2.45) is 5.73 Å². The average molecular weight is 294 g/mol. The van der Waals surface area contributed by atoms with E-state index in [1.54, 1.807) is 19.2 Å². The van der Waals surface area contributed by atoms with Gasteiger partial charge in [0.1, 0.15) is 0 Å². The van der Waals surface area contributed by atoms with E-state index in [1.807, 2.05) is 0 Å². The summed E-state index contributed by atoms with van der Waals surface area (Å²) in [7, 11) is 0. The number of aliphatic hydroxyl groups is 1. The van der Waals surface area contributed by atoms with Gasteiger partial charge in [-0.25, -0.2) is 0 Å². The molecule has 0 aliphatic rings. The second-order valence-electron chi connectivity index (χ2n) is 3.14. The van der Waals surface area contributed by atoms with Crippen LogP contribution < -0.4 is 11.3 Å². The molecule has 1 heterocycles. The third-order valence-corrected chi connectivity index (χ3v) is 2.43. The Balaban J connectivity index is 3.29. The molecule has 0 aromatic carbocycles. The molecule has 13 heavy (non-hydrogen) atoms. The van der Waals surface area contributed by atoms with E-state index in [9.17, 15) is 4.79 Å². The fourth-order valence-electron chi connectivity index (χ4n) is 0.967. The summed E-state index contributed by atoms with van der Waals surface area (Å²) in [6.45, 7) is 1.36. The number of nitrogens with two attached hydrogens (primary N) is 1. The molecule has 0 amide bonds. The number of pyridine rings is 1. The zero-order chi connectivity index (χ0) is 10.1. The maximum Gasteiger partial charge on any atom is 0.253 e. The normalized spacial score (nSPS) is 15.4. The molecule has 0 saturated heterocycles. The molecule has 72 valence electrons. The first-order valence-corrected chi connectivity index (χ1v) is 4.84. The molecule has 1 aromatic rings. The Hall–Kier alpha value is -0.400. The monoisotopic (exact) mass is 294 g/mol. The van der Waals surface area contributed by atoms with Crippen molar-refractivity contribution in [3.05, 3.63) is 31.8 Å². The number of aromatic nitrogens is 1. The number of hydrogen-bond acceptors (Lipinski definition) is 3. The Morgan fingerprint density at radius 3 is 2.92 bits per heavy atom. The van der Waals surface area contributed by atoms with Gasteiger partial charge in [0.15, 0.2) is 0 Å². The Labute approximate surface area is 89.3 Å². The lowest BCUT2D eigenvalue weighted by Crippen LogP contribution is -2.41. The first-order chi connectivity index (χ1) is 5.97. The molecule has 1 rings (SSSR count). The molecule has 1 atom stereocenters. The van der Waals surface area contributed by atoms with Crippen LogP contribution in [0.15, 0.2) is 17.1 Å². The highest BCUT2D eigenvalue weighted by Crippen LogP contribution is 2.14. The van der Waals surface area contributed by atoms with E-state index in [2.05, 4.69) is 27.6 Å². The number of nitrogens with one attached hydrogen (secondary N) is 1. The lowest BCUT2D eigenvalue weighted by Gasteiger charge is -2.20. The molecular weight excluding hydrogens is 283 g/mol. The molecular formula is C8H11IN2O2. The van der Waals surface area contributed by atoms with Gasteiger partial charge in [0.25, 0.3) is 5.56 Å². The van der Waals surface area contributed by atoms with E-state index < -0.39 is 5.54 Å². The van der Waals surface area contributed by atoms with Gasteiger partial charge in [0.05, 0.1) is 12.1 Å². The second-order valence-corrected chi connectivity index (χ2v) is 4.38. The lowest BCUT2D eigenvalue weighted by molar-refractivity contribution is 0.209. The SMILES string of the molecule is C[C@](N)(CO)c1cc(I)c[nH]c1=O. The summed E-state index contributed by atoms with van der Waals surface area (Å²) in [5.74, 6) is 0. The van der Waals surface area contributed by atoms with Crippen molar-refractivity contribution < 1.29 is 5.11 Å². The molecule has 0 radical (unpaired) electrons. The summed E-state index contributed by atoms with van der Waals surface area (Å²) in [5.41, 5.74) is 4.91. The molecule has 1 aromatic heterocycles. The summed E-state index contributed by atoms with van der Waals surface area (Å²) in [4.78, 5) is 13.9. The Bertz CT molecular complexity index is 359. The van der Waals surface area contributed by atoms with Gasteiger partial charge in [-0.3, -0.25) is 4.79 Å². The van der Waals surface area contributed by atoms with Gasteiger partial charge >= 0.3 is 0 Å². The number of H-pyrrole nitrogens is 1. The molecule has 0 bridgehead atoms. The van der Waals surface area contributed by atoms with Crippen molar-refractivity contribution in [1.82, 2.24) is 4.98 Å². The Kier molecular flexibility index (Phi) is 3.09. The molecule has 0 fully saturated rings. The van der Waals surface area contributed by atoms with Crippen LogP contribution in [0.25, 0.3) is 0 Å². The summed E-state index contributed by atoms with van der Waals surface area (Å²) < 4.78 is 0.886. The predicted octanol–water partition coefficient (Wildman–Crippen LogP) is 0.146. The molecule has 0 saturated carbocycles. The van der Waals surface area contributed by atoms with E-state index in [0.29, 0.717) is 5.56 Å². The van der Waals surface area contributed by atoms with Crippen LogP contribution in [0.3, 0.4) is 0 Å². The van der Waals surface area contributed by atoms with Crippen molar-refractivity contribution >= 4 is 22.6 Å². The molecule has 0 aliphatic carbocycles. The van der Waals surface area contributed by atoms with Gasteiger partial charge in [-0.15, -0.1) is 0 Å². The molecule has 0 aliphatic heterocycles. The molecule has 4 N–H and O–H groups in total. The fraction of sp³-hybridized carbons (Fsp3) is 0.375. The highest BCUT2D eigenvalue weighted by atomic mass is 127. The topological polar surface area (TPSA) is 79.1 Å². The minimum Gasteiger partial charge on any atom is -0.394 e. The van der Waals surface area contributed by atoms with E-state index in [-0.39, 0.29) is 12.2 Å². The second kappa shape index (κ2) is 3.77. The Morgan fingerprint density at radius 2 is 2.38 bits per heavy atom. The molecule has 5 heteroatoms. The van der Waals surface area contributed by atoms with E-state index >= 15 is 0 Å². The van der Waals surface area contributed by atoms with Crippen LogP contribution in [-0.2, 0) is 5.54 Å². The van der Waals surface area contributed by atoms with Crippen molar-refractivity contribution in [3.8, 4) is 0 Å². The van der Waals surface area contributed by atoms with E-state index in [4.69, 9.17) is 10.8 Å². The van der Waals surface area contributed by atoms with Gasteiger partial charge in [0, 0.05) is 15.3 Å². The van der Waals surface area contributed by atoms with Gasteiger partial charge < -0.3 is 15.8 Å². The van der Waals surface area contributed by atoms with Gasteiger partial charge in [-0.05, 0) is 35.6 Å².